The average Bonchev–Trinajstić information content (AvgIpc) is 3.08. The maximum absolute atomic E-state index is 12.3. The first kappa shape index (κ1) is 18.2. The minimum atomic E-state index is -0.833. The zero-order valence-corrected chi connectivity index (χ0v) is 16.6. The van der Waals surface area contributed by atoms with Crippen molar-refractivity contribution in [3.05, 3.63) is 23.4 Å². The third-order valence-corrected chi connectivity index (χ3v) is 6.58. The number of aromatic nitrogens is 2. The van der Waals surface area contributed by atoms with Gasteiger partial charge in [-0.2, -0.15) is 4.98 Å². The number of piperazine rings is 1. The van der Waals surface area contributed by atoms with Gasteiger partial charge in [-0.1, -0.05) is 11.2 Å². The Morgan fingerprint density at radius 2 is 2.12 bits per heavy atom. The van der Waals surface area contributed by atoms with Crippen LogP contribution in [0.2, 0.25) is 0 Å². The fraction of sp³-hybridized carbons (Fsp3) is 0.588. The Labute approximate surface area is 166 Å². The molecule has 0 spiro atoms. The fourth-order valence-corrected chi connectivity index (χ4v) is 4.35. The van der Waals surface area contributed by atoms with E-state index >= 15 is 0 Å². The van der Waals surface area contributed by atoms with Gasteiger partial charge in [0.15, 0.2) is 0 Å². The van der Waals surface area contributed by atoms with Gasteiger partial charge in [0.05, 0.1) is 10.8 Å². The molecule has 2 fully saturated rings. The van der Waals surface area contributed by atoms with Crippen LogP contribution >= 0.6 is 34.5 Å². The maximum atomic E-state index is 12.3. The number of amides is 1. The SMILES string of the molecule is O=C(C1CC1(Cl)Cl)N1CCN(CCCc2nc(-c3cccs3)no2)CC1. The van der Waals surface area contributed by atoms with E-state index in [4.69, 9.17) is 27.7 Å². The van der Waals surface area contributed by atoms with Crippen LogP contribution in [-0.4, -0.2) is 62.9 Å². The van der Waals surface area contributed by atoms with E-state index in [-0.39, 0.29) is 11.8 Å². The summed E-state index contributed by atoms with van der Waals surface area (Å²) in [4.78, 5) is 22.0. The molecule has 0 N–H and O–H groups in total. The van der Waals surface area contributed by atoms with E-state index < -0.39 is 4.33 Å². The molecule has 2 aromatic heterocycles. The topological polar surface area (TPSA) is 62.5 Å². The summed E-state index contributed by atoms with van der Waals surface area (Å²) in [6, 6.07) is 3.96. The summed E-state index contributed by atoms with van der Waals surface area (Å²) in [7, 11) is 0. The second-order valence-corrected chi connectivity index (χ2v) is 9.27. The first-order chi connectivity index (χ1) is 12.5. The highest BCUT2D eigenvalue weighted by molar-refractivity contribution is 7.13. The Bertz CT molecular complexity index is 757. The summed E-state index contributed by atoms with van der Waals surface area (Å²) >= 11 is 13.6. The lowest BCUT2D eigenvalue weighted by Gasteiger charge is -2.34. The van der Waals surface area contributed by atoms with Crippen LogP contribution in [0, 0.1) is 5.92 Å². The predicted molar refractivity (Wildman–Crippen MR) is 101 cm³/mol. The molecule has 4 rings (SSSR count). The van der Waals surface area contributed by atoms with Gasteiger partial charge in [0.1, 0.15) is 4.33 Å². The molecule has 1 aliphatic heterocycles. The second-order valence-electron chi connectivity index (χ2n) is 6.78. The van der Waals surface area contributed by atoms with Crippen molar-refractivity contribution in [1.82, 2.24) is 19.9 Å². The Kier molecular flexibility index (Phi) is 5.23. The molecule has 1 aliphatic carbocycles. The number of hydrogen-bond donors (Lipinski definition) is 0. The Morgan fingerprint density at radius 1 is 1.35 bits per heavy atom. The zero-order valence-electron chi connectivity index (χ0n) is 14.2. The van der Waals surface area contributed by atoms with Crippen LogP contribution in [0.4, 0.5) is 0 Å². The Balaban J connectivity index is 1.18. The minimum absolute atomic E-state index is 0.0987. The summed E-state index contributed by atoms with van der Waals surface area (Å²) < 4.78 is 4.50. The van der Waals surface area contributed by atoms with E-state index in [2.05, 4.69) is 15.0 Å². The third kappa shape index (κ3) is 4.06. The molecule has 0 radical (unpaired) electrons. The van der Waals surface area contributed by atoms with E-state index in [9.17, 15) is 4.79 Å². The fourth-order valence-electron chi connectivity index (χ4n) is 3.21. The van der Waals surface area contributed by atoms with Gasteiger partial charge in [-0.05, 0) is 30.8 Å². The molecular weight excluding hydrogens is 395 g/mol. The standard InChI is InChI=1S/C17H20Cl2N4O2S/c18-17(19)11-12(17)16(24)23-8-6-22(7-9-23)5-1-4-14-20-15(21-25-14)13-3-2-10-26-13/h2-3,10,12H,1,4-9,11H2. The maximum Gasteiger partial charge on any atom is 0.228 e. The number of thiophene rings is 1. The molecule has 1 saturated heterocycles. The predicted octanol–water partition coefficient (Wildman–Crippen LogP) is 3.07. The zero-order chi connectivity index (χ0) is 18.1. The van der Waals surface area contributed by atoms with Gasteiger partial charge in [0, 0.05) is 32.6 Å². The van der Waals surface area contributed by atoms with Crippen molar-refractivity contribution < 1.29 is 9.32 Å². The molecule has 1 atom stereocenters. The lowest BCUT2D eigenvalue weighted by molar-refractivity contribution is -0.134. The van der Waals surface area contributed by atoms with E-state index in [1.165, 1.54) is 0 Å². The first-order valence-corrected chi connectivity index (χ1v) is 10.4. The molecule has 26 heavy (non-hydrogen) atoms. The quantitative estimate of drug-likeness (QED) is 0.679. The van der Waals surface area contributed by atoms with Crippen LogP contribution in [0.3, 0.4) is 0 Å². The van der Waals surface area contributed by atoms with Crippen molar-refractivity contribution in [1.29, 1.82) is 0 Å². The summed E-state index contributed by atoms with van der Waals surface area (Å²) in [6.07, 6.45) is 2.29. The second kappa shape index (κ2) is 7.46. The molecule has 0 aromatic carbocycles. The summed E-state index contributed by atoms with van der Waals surface area (Å²) in [5.41, 5.74) is 0. The summed E-state index contributed by atoms with van der Waals surface area (Å²) in [5, 5.41) is 6.03. The van der Waals surface area contributed by atoms with Crippen molar-refractivity contribution in [2.45, 2.75) is 23.6 Å². The van der Waals surface area contributed by atoms with Crippen molar-refractivity contribution in [3.63, 3.8) is 0 Å². The highest BCUT2D eigenvalue weighted by atomic mass is 35.5. The van der Waals surface area contributed by atoms with Gasteiger partial charge in [-0.15, -0.1) is 34.5 Å². The highest BCUT2D eigenvalue weighted by Crippen LogP contribution is 2.53. The number of nitrogens with zero attached hydrogens (tertiary/aromatic N) is 4. The van der Waals surface area contributed by atoms with Gasteiger partial charge in [-0.25, -0.2) is 0 Å². The molecule has 1 unspecified atom stereocenters. The van der Waals surface area contributed by atoms with E-state index in [0.717, 1.165) is 50.4 Å². The largest absolute Gasteiger partial charge is 0.340 e. The molecule has 1 saturated carbocycles. The lowest BCUT2D eigenvalue weighted by Crippen LogP contribution is -2.49. The lowest BCUT2D eigenvalue weighted by atomic mass is 10.2. The number of aryl methyl sites for hydroxylation is 1. The van der Waals surface area contributed by atoms with Gasteiger partial charge < -0.3 is 9.42 Å². The number of hydrogen-bond acceptors (Lipinski definition) is 6. The molecule has 2 aliphatic rings. The number of alkyl halides is 2. The van der Waals surface area contributed by atoms with Crippen molar-refractivity contribution in [2.24, 2.45) is 5.92 Å². The Morgan fingerprint density at radius 3 is 2.77 bits per heavy atom. The third-order valence-electron chi connectivity index (χ3n) is 4.88. The van der Waals surface area contributed by atoms with Crippen LogP contribution < -0.4 is 0 Å². The summed E-state index contributed by atoms with van der Waals surface area (Å²) in [6.45, 7) is 4.18. The van der Waals surface area contributed by atoms with Crippen molar-refractivity contribution >= 4 is 40.4 Å². The van der Waals surface area contributed by atoms with Crippen LogP contribution in [0.15, 0.2) is 22.0 Å². The molecule has 140 valence electrons. The van der Waals surface area contributed by atoms with Crippen LogP contribution in [-0.2, 0) is 11.2 Å². The van der Waals surface area contributed by atoms with Crippen molar-refractivity contribution in [2.75, 3.05) is 32.7 Å². The average molecular weight is 415 g/mol. The first-order valence-electron chi connectivity index (χ1n) is 8.78. The van der Waals surface area contributed by atoms with Crippen LogP contribution in [0.1, 0.15) is 18.7 Å². The van der Waals surface area contributed by atoms with Gasteiger partial charge in [0.25, 0.3) is 0 Å². The molecule has 9 heteroatoms. The van der Waals surface area contributed by atoms with Crippen LogP contribution in [0.5, 0.6) is 0 Å². The van der Waals surface area contributed by atoms with Gasteiger partial charge >= 0.3 is 0 Å². The smallest absolute Gasteiger partial charge is 0.228 e. The number of carbonyl (C=O) groups excluding carboxylic acids is 1. The molecule has 3 heterocycles. The molecule has 6 nitrogen and oxygen atoms in total. The monoisotopic (exact) mass is 414 g/mol. The normalized spacial score (nSPS) is 22.5. The molecule has 0 bridgehead atoms. The van der Waals surface area contributed by atoms with E-state index in [1.54, 1.807) is 11.3 Å². The number of halogens is 2. The Hall–Kier alpha value is -1.15. The highest BCUT2D eigenvalue weighted by Gasteiger charge is 2.57. The van der Waals surface area contributed by atoms with E-state index in [1.807, 2.05) is 22.4 Å². The van der Waals surface area contributed by atoms with Gasteiger partial charge in [-0.3, -0.25) is 9.69 Å². The van der Waals surface area contributed by atoms with E-state index in [0.29, 0.717) is 18.1 Å². The van der Waals surface area contributed by atoms with Crippen molar-refractivity contribution in [3.8, 4) is 10.7 Å². The summed E-state index contributed by atoms with van der Waals surface area (Å²) in [5.74, 6) is 1.22. The minimum Gasteiger partial charge on any atom is -0.340 e. The number of carbonyl (C=O) groups is 1. The molecular formula is C17H20Cl2N4O2S. The number of rotatable bonds is 6. The van der Waals surface area contributed by atoms with Crippen LogP contribution in [0.25, 0.3) is 10.7 Å². The molecule has 2 aromatic rings. The molecule has 1 amide bonds. The van der Waals surface area contributed by atoms with Gasteiger partial charge in [0.2, 0.25) is 17.6 Å².